The molecule has 0 radical (unpaired) electrons. The van der Waals surface area contributed by atoms with Gasteiger partial charge in [0.05, 0.1) is 57.7 Å². The number of benzene rings is 2. The molecule has 0 atom stereocenters. The van der Waals surface area contributed by atoms with E-state index in [1.807, 2.05) is 19.1 Å². The summed E-state index contributed by atoms with van der Waals surface area (Å²) >= 11 is 12.2. The van der Waals surface area contributed by atoms with Gasteiger partial charge in [-0.15, -0.1) is 0 Å². The maximum atomic E-state index is 13.1. The lowest BCUT2D eigenvalue weighted by Gasteiger charge is -2.41. The van der Waals surface area contributed by atoms with Gasteiger partial charge in [-0.05, 0) is 56.2 Å². The summed E-state index contributed by atoms with van der Waals surface area (Å²) in [5.74, 6) is -0.299. The van der Waals surface area contributed by atoms with E-state index in [9.17, 15) is 10.1 Å². The molecule has 200 valence electrons. The summed E-state index contributed by atoms with van der Waals surface area (Å²) in [6.07, 6.45) is 3.64. The Balaban J connectivity index is 0.00000336. The number of nitriles is 1. The van der Waals surface area contributed by atoms with Crippen molar-refractivity contribution < 1.29 is 15.0 Å². The Labute approximate surface area is 231 Å². The van der Waals surface area contributed by atoms with Crippen molar-refractivity contribution in [1.82, 2.24) is 14.7 Å². The molecule has 1 aromatic heterocycles. The number of halogens is 2. The molecule has 3 aromatic rings. The minimum absolute atomic E-state index is 0. The normalized spacial score (nSPS) is 16.5. The average molecular weight is 557 g/mol. The molecular formula is C27H30Cl2N6O3. The van der Waals surface area contributed by atoms with Gasteiger partial charge in [-0.25, -0.2) is 4.68 Å². The van der Waals surface area contributed by atoms with Crippen LogP contribution in [0.2, 0.25) is 10.0 Å². The number of piperidine rings is 1. The van der Waals surface area contributed by atoms with Crippen LogP contribution in [0.4, 0.5) is 11.4 Å². The minimum Gasteiger partial charge on any atom is -0.412 e. The molecule has 5 rings (SSSR count). The van der Waals surface area contributed by atoms with Gasteiger partial charge >= 0.3 is 0 Å². The molecule has 0 unspecified atom stereocenters. The zero-order valence-electron chi connectivity index (χ0n) is 21.1. The molecule has 0 aliphatic carbocycles. The van der Waals surface area contributed by atoms with Crippen molar-refractivity contribution in [2.45, 2.75) is 25.8 Å². The maximum absolute atomic E-state index is 13.1. The molecular weight excluding hydrogens is 527 g/mol. The third-order valence-electron chi connectivity index (χ3n) is 7.14. The van der Waals surface area contributed by atoms with Gasteiger partial charge in [0.25, 0.3) is 5.91 Å². The number of carbonyl (C=O) groups is 1. The predicted molar refractivity (Wildman–Crippen MR) is 149 cm³/mol. The third-order valence-corrected chi connectivity index (χ3v) is 7.88. The smallest absolute Gasteiger partial charge is 0.259 e. The molecule has 3 heterocycles. The van der Waals surface area contributed by atoms with Crippen molar-refractivity contribution in [3.63, 3.8) is 0 Å². The van der Waals surface area contributed by atoms with E-state index in [4.69, 9.17) is 27.9 Å². The highest BCUT2D eigenvalue weighted by Crippen LogP contribution is 2.29. The second-order valence-corrected chi connectivity index (χ2v) is 10.1. The van der Waals surface area contributed by atoms with Crippen LogP contribution in [-0.4, -0.2) is 71.5 Å². The van der Waals surface area contributed by atoms with E-state index >= 15 is 0 Å². The van der Waals surface area contributed by atoms with Gasteiger partial charge < -0.3 is 20.4 Å². The summed E-state index contributed by atoms with van der Waals surface area (Å²) in [7, 11) is 0. The number of nitrogens with one attached hydrogen (secondary N) is 1. The first-order valence-corrected chi connectivity index (χ1v) is 13.1. The Bertz CT molecular complexity index is 1340. The van der Waals surface area contributed by atoms with Gasteiger partial charge in [0.15, 0.2) is 0 Å². The molecule has 2 aliphatic heterocycles. The maximum Gasteiger partial charge on any atom is 0.259 e. The van der Waals surface area contributed by atoms with E-state index in [0.717, 1.165) is 57.9 Å². The van der Waals surface area contributed by atoms with Crippen LogP contribution in [0.15, 0.2) is 42.6 Å². The van der Waals surface area contributed by atoms with Crippen LogP contribution in [0.5, 0.6) is 0 Å². The fraction of sp³-hybridized carbons (Fsp3) is 0.370. The second-order valence-electron chi connectivity index (χ2n) is 9.32. The van der Waals surface area contributed by atoms with Crippen LogP contribution in [0.25, 0.3) is 5.69 Å². The molecule has 0 bridgehead atoms. The Morgan fingerprint density at radius 1 is 1.08 bits per heavy atom. The Morgan fingerprint density at radius 3 is 2.50 bits per heavy atom. The molecule has 0 spiro atoms. The van der Waals surface area contributed by atoms with Crippen molar-refractivity contribution in [3.05, 3.63) is 69.5 Å². The lowest BCUT2D eigenvalue weighted by Crippen LogP contribution is -2.49. The van der Waals surface area contributed by atoms with Gasteiger partial charge in [0.1, 0.15) is 6.07 Å². The van der Waals surface area contributed by atoms with Crippen LogP contribution < -0.4 is 10.2 Å². The summed E-state index contributed by atoms with van der Waals surface area (Å²) in [6.45, 7) is 7.21. The average Bonchev–Trinajstić information content (AvgIpc) is 3.32. The molecule has 0 saturated carbocycles. The predicted octanol–water partition coefficient (Wildman–Crippen LogP) is 4.09. The highest BCUT2D eigenvalue weighted by atomic mass is 35.5. The standard InChI is InChI=1S/C27H28Cl2N6O2.H2O/c1-18-23(17-31-35(18)22-3-4-24(28)25(29)15-22)27(36)32-20-2-5-26(19(14-20)16-30)34-8-6-21(7-9-34)33-10-12-37-13-11-33;/h2-5,14-15,17,21H,6-13H2,1H3,(H,32,36);1H2. The minimum atomic E-state index is -0.299. The first kappa shape index (κ1) is 27.9. The SMILES string of the molecule is Cc1c(C(=O)Nc2ccc(N3CCC(N4CCOCC4)CC3)c(C#N)c2)cnn1-c1ccc(Cl)c(Cl)c1.O. The largest absolute Gasteiger partial charge is 0.412 e. The highest BCUT2D eigenvalue weighted by Gasteiger charge is 2.27. The van der Waals surface area contributed by atoms with Crippen LogP contribution in [0.1, 0.15) is 34.5 Å². The highest BCUT2D eigenvalue weighted by molar-refractivity contribution is 6.42. The molecule has 2 aromatic carbocycles. The molecule has 11 heteroatoms. The molecule has 1 amide bonds. The van der Waals surface area contributed by atoms with E-state index < -0.39 is 0 Å². The van der Waals surface area contributed by atoms with Gasteiger partial charge in [0.2, 0.25) is 0 Å². The number of ether oxygens (including phenoxy) is 1. The Hall–Kier alpha value is -3.13. The molecule has 9 nitrogen and oxygen atoms in total. The van der Waals surface area contributed by atoms with Crippen molar-refractivity contribution in [3.8, 4) is 11.8 Å². The second kappa shape index (κ2) is 12.2. The molecule has 3 N–H and O–H groups in total. The number of nitrogens with zero attached hydrogens (tertiary/aromatic N) is 5. The first-order valence-electron chi connectivity index (χ1n) is 12.4. The fourth-order valence-electron chi connectivity index (χ4n) is 5.10. The summed E-state index contributed by atoms with van der Waals surface area (Å²) < 4.78 is 7.12. The monoisotopic (exact) mass is 556 g/mol. The van der Waals surface area contributed by atoms with E-state index in [2.05, 4.69) is 26.3 Å². The number of amides is 1. The molecule has 2 fully saturated rings. The van der Waals surface area contributed by atoms with Crippen molar-refractivity contribution in [1.29, 1.82) is 5.26 Å². The summed E-state index contributed by atoms with van der Waals surface area (Å²) in [4.78, 5) is 17.8. The summed E-state index contributed by atoms with van der Waals surface area (Å²) in [5.41, 5.74) is 3.82. The molecule has 2 saturated heterocycles. The third kappa shape index (κ3) is 5.80. The van der Waals surface area contributed by atoms with Crippen LogP contribution >= 0.6 is 23.2 Å². The first-order chi connectivity index (χ1) is 17.9. The van der Waals surface area contributed by atoms with E-state index in [0.29, 0.717) is 44.3 Å². The van der Waals surface area contributed by atoms with Gasteiger partial charge in [0, 0.05) is 37.9 Å². The number of carbonyl (C=O) groups excluding carboxylic acids is 1. The van der Waals surface area contributed by atoms with Crippen LogP contribution in [0.3, 0.4) is 0 Å². The number of hydrogen-bond donors (Lipinski definition) is 1. The summed E-state index contributed by atoms with van der Waals surface area (Å²) in [5, 5.41) is 18.0. The Morgan fingerprint density at radius 2 is 1.82 bits per heavy atom. The van der Waals surface area contributed by atoms with E-state index in [1.165, 1.54) is 6.20 Å². The van der Waals surface area contributed by atoms with Crippen molar-refractivity contribution >= 4 is 40.5 Å². The number of hydrogen-bond acceptors (Lipinski definition) is 6. The lowest BCUT2D eigenvalue weighted by molar-refractivity contribution is 0.0115. The lowest BCUT2D eigenvalue weighted by atomic mass is 10.0. The van der Waals surface area contributed by atoms with E-state index in [1.54, 1.807) is 28.9 Å². The van der Waals surface area contributed by atoms with Crippen molar-refractivity contribution in [2.24, 2.45) is 0 Å². The van der Waals surface area contributed by atoms with Gasteiger partial charge in [-0.3, -0.25) is 9.69 Å². The molecule has 2 aliphatic rings. The molecule has 38 heavy (non-hydrogen) atoms. The van der Waals surface area contributed by atoms with Gasteiger partial charge in [-0.1, -0.05) is 23.2 Å². The number of aromatic nitrogens is 2. The van der Waals surface area contributed by atoms with Crippen molar-refractivity contribution in [2.75, 3.05) is 49.6 Å². The number of anilines is 2. The zero-order valence-corrected chi connectivity index (χ0v) is 22.6. The van der Waals surface area contributed by atoms with Gasteiger partial charge in [-0.2, -0.15) is 10.4 Å². The zero-order chi connectivity index (χ0) is 25.9. The topological polar surface area (TPSA) is 118 Å². The quantitative estimate of drug-likeness (QED) is 0.505. The van der Waals surface area contributed by atoms with Crippen LogP contribution in [0, 0.1) is 18.3 Å². The van der Waals surface area contributed by atoms with Crippen LogP contribution in [-0.2, 0) is 4.74 Å². The number of rotatable bonds is 5. The fourth-order valence-corrected chi connectivity index (χ4v) is 5.39. The number of morpholine rings is 1. The summed E-state index contributed by atoms with van der Waals surface area (Å²) in [6, 6.07) is 13.6. The Kier molecular flexibility index (Phi) is 8.92. The van der Waals surface area contributed by atoms with E-state index in [-0.39, 0.29) is 11.4 Å².